The molecule has 1 aromatic carbocycles. The maximum Gasteiger partial charge on any atom is 0.236 e. The lowest BCUT2D eigenvalue weighted by atomic mass is 10.2. The molecular weight excluding hydrogens is 394 g/mol. The molecule has 0 saturated carbocycles. The summed E-state index contributed by atoms with van der Waals surface area (Å²) in [5.41, 5.74) is 2.16. The van der Waals surface area contributed by atoms with Crippen LogP contribution in [0, 0.1) is 6.92 Å². The van der Waals surface area contributed by atoms with Crippen LogP contribution in [0.25, 0.3) is 0 Å². The Morgan fingerprint density at radius 1 is 1.32 bits per heavy atom. The third-order valence-electron chi connectivity index (χ3n) is 4.07. The van der Waals surface area contributed by atoms with Gasteiger partial charge in [-0.15, -0.1) is 21.5 Å². The molecule has 0 saturated heterocycles. The van der Waals surface area contributed by atoms with Gasteiger partial charge in [0.15, 0.2) is 22.2 Å². The zero-order chi connectivity index (χ0) is 20.1. The third kappa shape index (κ3) is 5.11. The second-order valence-electron chi connectivity index (χ2n) is 6.29. The van der Waals surface area contributed by atoms with Gasteiger partial charge in [-0.1, -0.05) is 30.8 Å². The van der Waals surface area contributed by atoms with Gasteiger partial charge in [0.25, 0.3) is 0 Å². The Morgan fingerprint density at radius 3 is 2.71 bits per heavy atom. The first-order valence-electron chi connectivity index (χ1n) is 8.96. The molecule has 0 fully saturated rings. The molecule has 0 aliphatic rings. The summed E-state index contributed by atoms with van der Waals surface area (Å²) in [4.78, 5) is 16.3. The van der Waals surface area contributed by atoms with Crippen LogP contribution >= 0.6 is 23.1 Å². The molecule has 1 N–H and O–H groups in total. The molecule has 9 heteroatoms. The average molecular weight is 418 g/mol. The van der Waals surface area contributed by atoms with E-state index < -0.39 is 0 Å². The molecule has 2 aromatic heterocycles. The van der Waals surface area contributed by atoms with Crippen molar-refractivity contribution < 1.29 is 9.53 Å². The molecule has 0 unspecified atom stereocenters. The van der Waals surface area contributed by atoms with E-state index in [0.717, 1.165) is 17.9 Å². The second kappa shape index (κ2) is 9.20. The molecule has 0 aliphatic carbocycles. The highest BCUT2D eigenvalue weighted by Crippen LogP contribution is 2.24. The van der Waals surface area contributed by atoms with Gasteiger partial charge in [0, 0.05) is 12.4 Å². The number of nitrogens with zero attached hydrogens (tertiary/aromatic N) is 4. The molecule has 7 nitrogen and oxygen atoms in total. The molecule has 148 valence electrons. The average Bonchev–Trinajstić information content (AvgIpc) is 3.26. The fraction of sp³-hybridized carbons (Fsp3) is 0.368. The van der Waals surface area contributed by atoms with Crippen LogP contribution in [0.2, 0.25) is 0 Å². The van der Waals surface area contributed by atoms with Gasteiger partial charge in [0.1, 0.15) is 5.75 Å². The monoisotopic (exact) mass is 417 g/mol. The van der Waals surface area contributed by atoms with Gasteiger partial charge >= 0.3 is 0 Å². The van der Waals surface area contributed by atoms with E-state index in [2.05, 4.69) is 39.6 Å². The van der Waals surface area contributed by atoms with Crippen LogP contribution in [0.1, 0.15) is 37.0 Å². The Balaban J connectivity index is 1.56. The van der Waals surface area contributed by atoms with Crippen molar-refractivity contribution in [3.8, 4) is 5.75 Å². The fourth-order valence-corrected chi connectivity index (χ4v) is 3.99. The van der Waals surface area contributed by atoms with Gasteiger partial charge in [-0.25, -0.2) is 4.98 Å². The van der Waals surface area contributed by atoms with Crippen molar-refractivity contribution in [2.24, 2.45) is 7.05 Å². The molecule has 3 aromatic rings. The molecule has 0 bridgehead atoms. The summed E-state index contributed by atoms with van der Waals surface area (Å²) in [5.74, 6) is 1.61. The van der Waals surface area contributed by atoms with E-state index in [-0.39, 0.29) is 17.8 Å². The van der Waals surface area contributed by atoms with Crippen molar-refractivity contribution in [3.63, 3.8) is 0 Å². The van der Waals surface area contributed by atoms with E-state index in [1.54, 1.807) is 0 Å². The van der Waals surface area contributed by atoms with E-state index in [1.165, 1.54) is 28.7 Å². The van der Waals surface area contributed by atoms with E-state index in [4.69, 9.17) is 4.74 Å². The summed E-state index contributed by atoms with van der Waals surface area (Å²) in [6.07, 6.45) is 0.738. The molecule has 2 heterocycles. The van der Waals surface area contributed by atoms with Gasteiger partial charge < -0.3 is 14.6 Å². The lowest BCUT2D eigenvalue weighted by Gasteiger charge is -2.14. The summed E-state index contributed by atoms with van der Waals surface area (Å²) in [6, 6.07) is 8.04. The Hall–Kier alpha value is -2.39. The maximum absolute atomic E-state index is 12.1. The van der Waals surface area contributed by atoms with Crippen molar-refractivity contribution in [2.75, 3.05) is 11.1 Å². The second-order valence-corrected chi connectivity index (χ2v) is 8.09. The number of rotatable bonds is 8. The Bertz CT molecular complexity index is 936. The van der Waals surface area contributed by atoms with Crippen LogP contribution < -0.4 is 10.1 Å². The maximum atomic E-state index is 12.1. The van der Waals surface area contributed by atoms with Gasteiger partial charge in [0.05, 0.1) is 11.4 Å². The number of thioether (sulfide) groups is 1. The topological polar surface area (TPSA) is 81.9 Å². The smallest absolute Gasteiger partial charge is 0.236 e. The Kier molecular flexibility index (Phi) is 6.69. The van der Waals surface area contributed by atoms with E-state index >= 15 is 0 Å². The van der Waals surface area contributed by atoms with Crippen LogP contribution in [-0.2, 0) is 18.3 Å². The van der Waals surface area contributed by atoms with Gasteiger partial charge in [-0.3, -0.25) is 4.79 Å². The number of benzene rings is 1. The predicted octanol–water partition coefficient (Wildman–Crippen LogP) is 4.01. The lowest BCUT2D eigenvalue weighted by molar-refractivity contribution is -0.113. The number of aromatic nitrogens is 4. The van der Waals surface area contributed by atoms with Gasteiger partial charge in [-0.05, 0) is 38.0 Å². The molecular formula is C19H23N5O2S2. The highest BCUT2D eigenvalue weighted by molar-refractivity contribution is 7.99. The van der Waals surface area contributed by atoms with Crippen molar-refractivity contribution in [2.45, 2.75) is 38.5 Å². The predicted molar refractivity (Wildman–Crippen MR) is 112 cm³/mol. The minimum Gasteiger partial charge on any atom is -0.483 e. The molecule has 3 rings (SSSR count). The number of carbonyl (C=O) groups is 1. The van der Waals surface area contributed by atoms with Crippen molar-refractivity contribution >= 4 is 34.1 Å². The number of ether oxygens (including phenoxy) is 1. The molecule has 0 aliphatic heterocycles. The molecule has 0 spiro atoms. The van der Waals surface area contributed by atoms with Crippen LogP contribution in [0.15, 0.2) is 34.8 Å². The number of hydrogen-bond acceptors (Lipinski definition) is 7. The molecule has 28 heavy (non-hydrogen) atoms. The number of aryl methyl sites for hydroxylation is 2. The summed E-state index contributed by atoms with van der Waals surface area (Å²) >= 11 is 2.74. The third-order valence-corrected chi connectivity index (χ3v) is 5.97. The van der Waals surface area contributed by atoms with Crippen LogP contribution in [0.4, 0.5) is 5.13 Å². The summed E-state index contributed by atoms with van der Waals surface area (Å²) in [7, 11) is 1.87. The lowest BCUT2D eigenvalue weighted by Crippen LogP contribution is -2.14. The quantitative estimate of drug-likeness (QED) is 0.558. The fourth-order valence-electron chi connectivity index (χ4n) is 2.56. The molecule has 1 amide bonds. The minimum absolute atomic E-state index is 0.121. The van der Waals surface area contributed by atoms with Crippen LogP contribution in [-0.4, -0.2) is 31.4 Å². The zero-order valence-corrected chi connectivity index (χ0v) is 17.9. The first-order chi connectivity index (χ1) is 13.5. The SMILES string of the molecule is CCc1ccc(O[C@@H](C)c2nnc(SCC(=O)Nc3nc(C)cs3)n2C)cc1. The van der Waals surface area contributed by atoms with Gasteiger partial charge in [0.2, 0.25) is 5.91 Å². The van der Waals surface area contributed by atoms with Crippen molar-refractivity contribution in [1.29, 1.82) is 0 Å². The van der Waals surface area contributed by atoms with Crippen molar-refractivity contribution in [1.82, 2.24) is 19.7 Å². The number of carbonyl (C=O) groups excluding carboxylic acids is 1. The largest absolute Gasteiger partial charge is 0.483 e. The summed E-state index contributed by atoms with van der Waals surface area (Å²) < 4.78 is 7.84. The van der Waals surface area contributed by atoms with Crippen LogP contribution in [0.3, 0.4) is 0 Å². The number of nitrogens with one attached hydrogen (secondary N) is 1. The standard InChI is InChI=1S/C19H23N5O2S2/c1-5-14-6-8-15(9-7-14)26-13(3)17-22-23-19(24(17)4)28-11-16(25)21-18-20-12(2)10-27-18/h6-10,13H,5,11H2,1-4H3,(H,20,21,25)/t13-/m0/s1. The Morgan fingerprint density at radius 2 is 2.07 bits per heavy atom. The number of anilines is 1. The van der Waals surface area contributed by atoms with E-state index in [9.17, 15) is 4.79 Å². The highest BCUT2D eigenvalue weighted by atomic mass is 32.2. The highest BCUT2D eigenvalue weighted by Gasteiger charge is 2.18. The van der Waals surface area contributed by atoms with E-state index in [1.807, 2.05) is 43.0 Å². The number of thiazole rings is 1. The number of hydrogen-bond donors (Lipinski definition) is 1. The first-order valence-corrected chi connectivity index (χ1v) is 10.8. The van der Waals surface area contributed by atoms with Crippen molar-refractivity contribution in [3.05, 3.63) is 46.7 Å². The molecule has 0 radical (unpaired) electrons. The summed E-state index contributed by atoms with van der Waals surface area (Å²) in [6.45, 7) is 5.95. The minimum atomic E-state index is -0.258. The first kappa shape index (κ1) is 20.3. The normalized spacial score (nSPS) is 12.0. The Labute approximate surface area is 172 Å². The van der Waals surface area contributed by atoms with Crippen LogP contribution in [0.5, 0.6) is 5.75 Å². The summed E-state index contributed by atoms with van der Waals surface area (Å²) in [5, 5.41) is 14.4. The molecule has 1 atom stereocenters. The zero-order valence-electron chi connectivity index (χ0n) is 16.3. The van der Waals surface area contributed by atoms with E-state index in [0.29, 0.717) is 16.1 Å². The van der Waals surface area contributed by atoms with Gasteiger partial charge in [-0.2, -0.15) is 0 Å². The number of amides is 1.